The molecule has 0 spiro atoms. The molecule has 0 aliphatic carbocycles. The fraction of sp³-hybridized carbons (Fsp3) is 0.158. The van der Waals surface area contributed by atoms with Crippen molar-refractivity contribution in [3.05, 3.63) is 69.5 Å². The third kappa shape index (κ3) is 2.65. The maximum absolute atomic E-state index is 12.7. The fourth-order valence-electron chi connectivity index (χ4n) is 2.86. The predicted molar refractivity (Wildman–Crippen MR) is 97.5 cm³/mol. The number of hydrogen-bond donors (Lipinski definition) is 2. The molecule has 5 heteroatoms. The Kier molecular flexibility index (Phi) is 3.85. The van der Waals surface area contributed by atoms with Crippen molar-refractivity contribution in [2.75, 3.05) is 11.1 Å². The minimum absolute atomic E-state index is 0.0721. The van der Waals surface area contributed by atoms with Gasteiger partial charge < -0.3 is 15.6 Å². The highest BCUT2D eigenvalue weighted by molar-refractivity contribution is 6.07. The summed E-state index contributed by atoms with van der Waals surface area (Å²) in [7, 11) is 1.79. The quantitative estimate of drug-likeness (QED) is 0.712. The summed E-state index contributed by atoms with van der Waals surface area (Å²) in [5.41, 5.74) is 9.47. The third-order valence-corrected chi connectivity index (χ3v) is 4.12. The molecule has 122 valence electrons. The van der Waals surface area contributed by atoms with Crippen molar-refractivity contribution in [3.8, 4) is 0 Å². The Morgan fingerprint density at radius 2 is 1.92 bits per heavy atom. The molecule has 1 amide bonds. The van der Waals surface area contributed by atoms with E-state index >= 15 is 0 Å². The standard InChI is InChI=1S/C19H19N3O2/c1-11-7-8-15(12(2)9-11)21-19(24)13-10-22(3)16-6-4-5-14(20)17(16)18(13)23/h4-10H,20H2,1-3H3,(H,21,24). The summed E-state index contributed by atoms with van der Waals surface area (Å²) < 4.78 is 1.74. The normalized spacial score (nSPS) is 10.8. The number of rotatable bonds is 2. The molecule has 0 saturated heterocycles. The Bertz CT molecular complexity index is 1020. The maximum atomic E-state index is 12.7. The molecule has 3 aromatic rings. The van der Waals surface area contributed by atoms with Crippen LogP contribution in [0, 0.1) is 13.8 Å². The van der Waals surface area contributed by atoms with Crippen molar-refractivity contribution in [1.29, 1.82) is 0 Å². The van der Waals surface area contributed by atoms with Crippen LogP contribution in [-0.4, -0.2) is 10.5 Å². The Balaban J connectivity index is 2.09. The van der Waals surface area contributed by atoms with Crippen LogP contribution in [0.5, 0.6) is 0 Å². The van der Waals surface area contributed by atoms with E-state index in [1.165, 1.54) is 0 Å². The molecule has 5 nitrogen and oxygen atoms in total. The topological polar surface area (TPSA) is 77.1 Å². The number of anilines is 2. The molecule has 0 atom stereocenters. The number of carbonyl (C=O) groups excluding carboxylic acids is 1. The van der Waals surface area contributed by atoms with Gasteiger partial charge in [0, 0.05) is 24.6 Å². The SMILES string of the molecule is Cc1ccc(NC(=O)c2cn(C)c3cccc(N)c3c2=O)c(C)c1. The van der Waals surface area contributed by atoms with Gasteiger partial charge in [0.2, 0.25) is 5.43 Å². The van der Waals surface area contributed by atoms with Crippen molar-refractivity contribution < 1.29 is 4.79 Å². The molecule has 0 unspecified atom stereocenters. The number of nitrogens with one attached hydrogen (secondary N) is 1. The van der Waals surface area contributed by atoms with Crippen LogP contribution in [0.2, 0.25) is 0 Å². The molecular weight excluding hydrogens is 302 g/mol. The van der Waals surface area contributed by atoms with Gasteiger partial charge in [0.25, 0.3) is 5.91 Å². The van der Waals surface area contributed by atoms with E-state index in [0.717, 1.165) is 11.1 Å². The number of benzene rings is 2. The van der Waals surface area contributed by atoms with E-state index in [9.17, 15) is 9.59 Å². The number of fused-ring (bicyclic) bond motifs is 1. The zero-order chi connectivity index (χ0) is 17.4. The highest BCUT2D eigenvalue weighted by atomic mass is 16.2. The van der Waals surface area contributed by atoms with E-state index in [1.54, 1.807) is 36.0 Å². The fourth-order valence-corrected chi connectivity index (χ4v) is 2.86. The Labute approximate surface area is 139 Å². The van der Waals surface area contributed by atoms with Gasteiger partial charge in [0.05, 0.1) is 10.9 Å². The third-order valence-electron chi connectivity index (χ3n) is 4.12. The molecule has 0 bridgehead atoms. The van der Waals surface area contributed by atoms with Gasteiger partial charge in [-0.3, -0.25) is 9.59 Å². The second-order valence-electron chi connectivity index (χ2n) is 6.00. The van der Waals surface area contributed by atoms with Gasteiger partial charge in [-0.05, 0) is 37.6 Å². The number of nitrogen functional groups attached to an aromatic ring is 1. The first kappa shape index (κ1) is 15.8. The highest BCUT2D eigenvalue weighted by Crippen LogP contribution is 2.19. The second kappa shape index (κ2) is 5.85. The summed E-state index contributed by atoms with van der Waals surface area (Å²) in [6, 6.07) is 11.0. The largest absolute Gasteiger partial charge is 0.398 e. The minimum Gasteiger partial charge on any atom is -0.398 e. The van der Waals surface area contributed by atoms with Gasteiger partial charge in [0.15, 0.2) is 0 Å². The summed E-state index contributed by atoms with van der Waals surface area (Å²) in [6.45, 7) is 3.90. The molecule has 24 heavy (non-hydrogen) atoms. The zero-order valence-electron chi connectivity index (χ0n) is 13.9. The van der Waals surface area contributed by atoms with Gasteiger partial charge in [-0.15, -0.1) is 0 Å². The van der Waals surface area contributed by atoms with Crippen molar-refractivity contribution in [1.82, 2.24) is 4.57 Å². The minimum atomic E-state index is -0.437. The van der Waals surface area contributed by atoms with E-state index in [2.05, 4.69) is 5.32 Å². The lowest BCUT2D eigenvalue weighted by Crippen LogP contribution is -2.24. The molecule has 1 aromatic heterocycles. The van der Waals surface area contributed by atoms with Crippen molar-refractivity contribution in [2.45, 2.75) is 13.8 Å². The summed E-state index contributed by atoms with van der Waals surface area (Å²) in [6.07, 6.45) is 1.54. The molecule has 2 aromatic carbocycles. The molecular formula is C19H19N3O2. The van der Waals surface area contributed by atoms with E-state index in [4.69, 9.17) is 5.73 Å². The number of amides is 1. The van der Waals surface area contributed by atoms with Crippen LogP contribution in [-0.2, 0) is 7.05 Å². The zero-order valence-corrected chi connectivity index (χ0v) is 13.9. The van der Waals surface area contributed by atoms with Crippen LogP contribution in [0.3, 0.4) is 0 Å². The van der Waals surface area contributed by atoms with Gasteiger partial charge in [0.1, 0.15) is 5.56 Å². The van der Waals surface area contributed by atoms with Crippen LogP contribution in [0.4, 0.5) is 11.4 Å². The number of nitrogens with zero attached hydrogens (tertiary/aromatic N) is 1. The number of pyridine rings is 1. The second-order valence-corrected chi connectivity index (χ2v) is 6.00. The lowest BCUT2D eigenvalue weighted by molar-refractivity contribution is 0.102. The van der Waals surface area contributed by atoms with Crippen LogP contribution in [0.1, 0.15) is 21.5 Å². The van der Waals surface area contributed by atoms with Crippen molar-refractivity contribution >= 4 is 28.2 Å². The number of aromatic nitrogens is 1. The van der Waals surface area contributed by atoms with Gasteiger partial charge in [-0.25, -0.2) is 0 Å². The smallest absolute Gasteiger partial charge is 0.261 e. The van der Waals surface area contributed by atoms with Gasteiger partial charge in [-0.1, -0.05) is 23.8 Å². The first-order chi connectivity index (χ1) is 11.4. The van der Waals surface area contributed by atoms with Crippen LogP contribution < -0.4 is 16.5 Å². The van der Waals surface area contributed by atoms with Crippen LogP contribution >= 0.6 is 0 Å². The maximum Gasteiger partial charge on any atom is 0.261 e. The average Bonchev–Trinajstić information content (AvgIpc) is 2.53. The summed E-state index contributed by atoms with van der Waals surface area (Å²) in [5.74, 6) is -0.437. The molecule has 0 radical (unpaired) electrons. The Morgan fingerprint density at radius 3 is 2.62 bits per heavy atom. The Hall–Kier alpha value is -3.08. The molecule has 0 aliphatic rings. The molecule has 3 N–H and O–H groups in total. The summed E-state index contributed by atoms with van der Waals surface area (Å²) in [5, 5.41) is 3.18. The average molecular weight is 321 g/mol. The first-order valence-corrected chi connectivity index (χ1v) is 7.65. The summed E-state index contributed by atoms with van der Waals surface area (Å²) >= 11 is 0. The predicted octanol–water partition coefficient (Wildman–Crippen LogP) is 2.99. The molecule has 0 saturated carbocycles. The van der Waals surface area contributed by atoms with E-state index < -0.39 is 5.91 Å². The first-order valence-electron chi connectivity index (χ1n) is 7.65. The van der Waals surface area contributed by atoms with Gasteiger partial charge >= 0.3 is 0 Å². The monoisotopic (exact) mass is 321 g/mol. The van der Waals surface area contributed by atoms with Crippen LogP contribution in [0.25, 0.3) is 10.9 Å². The van der Waals surface area contributed by atoms with E-state index in [0.29, 0.717) is 22.3 Å². The van der Waals surface area contributed by atoms with Crippen LogP contribution in [0.15, 0.2) is 47.4 Å². The molecule has 0 aliphatic heterocycles. The van der Waals surface area contributed by atoms with E-state index in [1.807, 2.05) is 32.0 Å². The molecule has 0 fully saturated rings. The Morgan fingerprint density at radius 1 is 1.17 bits per heavy atom. The number of carbonyl (C=O) groups is 1. The van der Waals surface area contributed by atoms with E-state index in [-0.39, 0.29) is 11.0 Å². The lowest BCUT2D eigenvalue weighted by atomic mass is 10.1. The number of nitrogens with two attached hydrogens (primary N) is 1. The number of aryl methyl sites for hydroxylation is 3. The van der Waals surface area contributed by atoms with Crippen molar-refractivity contribution in [3.63, 3.8) is 0 Å². The highest BCUT2D eigenvalue weighted by Gasteiger charge is 2.16. The summed E-state index contributed by atoms with van der Waals surface area (Å²) in [4.78, 5) is 25.3. The van der Waals surface area contributed by atoms with Crippen molar-refractivity contribution in [2.24, 2.45) is 7.05 Å². The lowest BCUT2D eigenvalue weighted by Gasteiger charge is -2.12. The molecule has 1 heterocycles. The van der Waals surface area contributed by atoms with Gasteiger partial charge in [-0.2, -0.15) is 0 Å². The molecule has 3 rings (SSSR count). The number of hydrogen-bond acceptors (Lipinski definition) is 3.